The third-order valence-corrected chi connectivity index (χ3v) is 6.13. The van der Waals surface area contributed by atoms with Crippen molar-refractivity contribution < 1.29 is 28.6 Å². The molecule has 12 heteroatoms. The second-order valence-electron chi connectivity index (χ2n) is 9.83. The molecule has 12 nitrogen and oxygen atoms in total. The van der Waals surface area contributed by atoms with Crippen LogP contribution in [0, 0.1) is 11.3 Å². The minimum Gasteiger partial charge on any atom is -0.497 e. The second-order valence-corrected chi connectivity index (χ2v) is 9.83. The lowest BCUT2D eigenvalue weighted by Crippen LogP contribution is -2.42. The number of aliphatic carboxylic acids is 1. The van der Waals surface area contributed by atoms with Crippen molar-refractivity contribution in [1.82, 2.24) is 20.9 Å². The summed E-state index contributed by atoms with van der Waals surface area (Å²) in [6.45, 7) is 4.25. The third kappa shape index (κ3) is 8.82. The van der Waals surface area contributed by atoms with E-state index in [4.69, 9.17) is 20.3 Å². The van der Waals surface area contributed by atoms with Gasteiger partial charge in [-0.25, -0.2) is 9.78 Å². The summed E-state index contributed by atoms with van der Waals surface area (Å²) < 4.78 is 11.4. The molecule has 1 heterocycles. The highest BCUT2D eigenvalue weighted by molar-refractivity contribution is 5.99. The van der Waals surface area contributed by atoms with Crippen molar-refractivity contribution >= 4 is 23.7 Å². The molecule has 0 saturated heterocycles. The van der Waals surface area contributed by atoms with E-state index in [1.165, 1.54) is 7.11 Å². The number of carboxylic acids is 1. The molecule has 2 aromatic carbocycles. The number of nitrogens with one attached hydrogen (secondary N) is 4. The zero-order valence-corrected chi connectivity index (χ0v) is 23.3. The molecule has 218 valence electrons. The van der Waals surface area contributed by atoms with Crippen molar-refractivity contribution in [3.63, 3.8) is 0 Å². The average molecular weight is 565 g/mol. The summed E-state index contributed by atoms with van der Waals surface area (Å²) in [6, 6.07) is 13.7. The molecule has 3 rings (SSSR count). The van der Waals surface area contributed by atoms with Crippen LogP contribution in [0.5, 0.6) is 5.75 Å². The maximum Gasteiger partial charge on any atom is 0.326 e. The summed E-state index contributed by atoms with van der Waals surface area (Å²) in [5.41, 5.74) is 6.12. The number of carbonyl (C=O) groups excluding carboxylic acids is 2. The number of methoxy groups -OCH3 is 1. The lowest BCUT2D eigenvalue weighted by molar-refractivity contribution is -0.139. The van der Waals surface area contributed by atoms with Crippen LogP contribution in [0.2, 0.25) is 0 Å². The first-order valence-electron chi connectivity index (χ1n) is 13.2. The quantitative estimate of drug-likeness (QED) is 0.0968. The predicted octanol–water partition coefficient (Wildman–Crippen LogP) is 3.31. The smallest absolute Gasteiger partial charge is 0.326 e. The van der Waals surface area contributed by atoms with E-state index >= 15 is 0 Å². The molecular weight excluding hydrogens is 528 g/mol. The fourth-order valence-electron chi connectivity index (χ4n) is 4.14. The molecule has 3 aromatic rings. The number of hydrogen-bond acceptors (Lipinski definition) is 7. The van der Waals surface area contributed by atoms with Crippen LogP contribution in [-0.4, -0.2) is 53.5 Å². The molecule has 0 saturated carbocycles. The number of nitrogens with two attached hydrogens (primary N) is 1. The van der Waals surface area contributed by atoms with E-state index in [1.807, 2.05) is 19.9 Å². The number of benzene rings is 2. The largest absolute Gasteiger partial charge is 0.497 e. The minimum atomic E-state index is -1.21. The van der Waals surface area contributed by atoms with Gasteiger partial charge in [-0.3, -0.25) is 15.0 Å². The van der Waals surface area contributed by atoms with Gasteiger partial charge in [0.15, 0.2) is 17.4 Å². The van der Waals surface area contributed by atoms with E-state index in [1.54, 1.807) is 48.5 Å². The van der Waals surface area contributed by atoms with Crippen LogP contribution in [0.4, 0.5) is 0 Å². The summed E-state index contributed by atoms with van der Waals surface area (Å²) in [5.74, 6) is -1.59. The Balaban J connectivity index is 1.92. The second kappa shape index (κ2) is 14.5. The van der Waals surface area contributed by atoms with Gasteiger partial charge in [-0.1, -0.05) is 50.2 Å². The monoisotopic (exact) mass is 564 g/mol. The lowest BCUT2D eigenvalue weighted by atomic mass is 10.0. The highest BCUT2D eigenvalue weighted by Crippen LogP contribution is 2.30. The zero-order valence-electron chi connectivity index (χ0n) is 23.3. The molecule has 7 N–H and O–H groups in total. The maximum atomic E-state index is 13.4. The number of carboxylic acid groups (broad SMARTS) is 1. The molecule has 0 spiro atoms. The van der Waals surface area contributed by atoms with Crippen LogP contribution in [0.25, 0.3) is 11.3 Å². The highest BCUT2D eigenvalue weighted by atomic mass is 16.5. The van der Waals surface area contributed by atoms with Crippen molar-refractivity contribution in [3.05, 3.63) is 71.7 Å². The van der Waals surface area contributed by atoms with Gasteiger partial charge in [0, 0.05) is 17.7 Å². The molecule has 0 bridgehead atoms. The standard InChI is InChI=1S/C29H36N6O6/c1-17(2)15-22(34-25(36)19-11-7-12-20(16-19)40-3)27-35-23(24(41-27)18-9-5-4-6-10-18)26(37)33-21(28(38)39)13-8-14-32-29(30)31/h4-7,9-12,16-17,21-22H,8,13-15H2,1-3H3,(H,33,37)(H,34,36)(H,38,39)(H4,30,31,32)/t21-,22?/m0/s1. The zero-order chi connectivity index (χ0) is 29.9. The first-order chi connectivity index (χ1) is 19.6. The van der Waals surface area contributed by atoms with Crippen molar-refractivity contribution in [2.24, 2.45) is 11.7 Å². The van der Waals surface area contributed by atoms with E-state index in [2.05, 4.69) is 20.9 Å². The van der Waals surface area contributed by atoms with Crippen LogP contribution in [0.15, 0.2) is 59.0 Å². The molecule has 2 amide bonds. The van der Waals surface area contributed by atoms with Gasteiger partial charge in [-0.15, -0.1) is 0 Å². The first-order valence-corrected chi connectivity index (χ1v) is 13.2. The summed E-state index contributed by atoms with van der Waals surface area (Å²) >= 11 is 0. The molecule has 1 aromatic heterocycles. The number of ether oxygens (including phenoxy) is 1. The molecule has 0 aliphatic heterocycles. The molecule has 0 aliphatic rings. The Morgan fingerprint density at radius 1 is 1.07 bits per heavy atom. The first kappa shape index (κ1) is 30.7. The number of aromatic nitrogens is 1. The van der Waals surface area contributed by atoms with E-state index in [0.717, 1.165) is 0 Å². The number of hydrogen-bond donors (Lipinski definition) is 6. The van der Waals surface area contributed by atoms with Gasteiger partial charge in [0.25, 0.3) is 11.8 Å². The Labute approximate surface area is 238 Å². The summed E-state index contributed by atoms with van der Waals surface area (Å²) in [7, 11) is 1.51. The third-order valence-electron chi connectivity index (χ3n) is 6.13. The molecule has 0 fully saturated rings. The van der Waals surface area contributed by atoms with E-state index in [0.29, 0.717) is 29.7 Å². The Morgan fingerprint density at radius 2 is 1.80 bits per heavy atom. The van der Waals surface area contributed by atoms with Gasteiger partial charge in [0.2, 0.25) is 5.89 Å². The highest BCUT2D eigenvalue weighted by Gasteiger charge is 2.30. The number of carbonyl (C=O) groups is 3. The molecule has 41 heavy (non-hydrogen) atoms. The van der Waals surface area contributed by atoms with Crippen LogP contribution in [0.3, 0.4) is 0 Å². The van der Waals surface area contributed by atoms with Crippen LogP contribution in [0.1, 0.15) is 65.9 Å². The van der Waals surface area contributed by atoms with Gasteiger partial charge in [0.05, 0.1) is 7.11 Å². The van der Waals surface area contributed by atoms with E-state index in [9.17, 15) is 19.5 Å². The average Bonchev–Trinajstić information content (AvgIpc) is 3.40. The van der Waals surface area contributed by atoms with Crippen LogP contribution < -0.4 is 26.4 Å². The summed E-state index contributed by atoms with van der Waals surface area (Å²) in [6.07, 6.45) is 0.908. The molecular formula is C29H36N6O6. The van der Waals surface area contributed by atoms with E-state index < -0.39 is 24.0 Å². The normalized spacial score (nSPS) is 12.3. The number of oxazole rings is 1. The summed E-state index contributed by atoms with van der Waals surface area (Å²) in [5, 5.41) is 25.0. The molecule has 0 aliphatic carbocycles. The van der Waals surface area contributed by atoms with Gasteiger partial charge < -0.3 is 35.9 Å². The Hall–Kier alpha value is -4.87. The lowest BCUT2D eigenvalue weighted by Gasteiger charge is -2.18. The SMILES string of the molecule is COc1cccc(C(=O)NC(CC(C)C)c2nc(C(=O)N[C@@H](CCCNC(=N)N)C(=O)O)c(-c3ccccc3)o2)c1. The number of amides is 2. The van der Waals surface area contributed by atoms with E-state index in [-0.39, 0.29) is 48.1 Å². The van der Waals surface area contributed by atoms with Crippen molar-refractivity contribution in [3.8, 4) is 17.1 Å². The minimum absolute atomic E-state index is 0.0938. The van der Waals surface area contributed by atoms with Crippen molar-refractivity contribution in [1.29, 1.82) is 5.41 Å². The number of guanidine groups is 1. The number of rotatable bonds is 14. The van der Waals surface area contributed by atoms with Crippen LogP contribution >= 0.6 is 0 Å². The van der Waals surface area contributed by atoms with Crippen LogP contribution in [-0.2, 0) is 4.79 Å². The molecule has 2 atom stereocenters. The summed E-state index contributed by atoms with van der Waals surface area (Å²) in [4.78, 5) is 42.9. The number of nitrogens with zero attached hydrogens (tertiary/aromatic N) is 1. The fourth-order valence-corrected chi connectivity index (χ4v) is 4.14. The Kier molecular flexibility index (Phi) is 10.8. The van der Waals surface area contributed by atoms with Gasteiger partial charge in [0.1, 0.15) is 17.8 Å². The molecule has 1 unspecified atom stereocenters. The maximum absolute atomic E-state index is 13.4. The Morgan fingerprint density at radius 3 is 2.44 bits per heavy atom. The van der Waals surface area contributed by atoms with Gasteiger partial charge >= 0.3 is 5.97 Å². The predicted molar refractivity (Wildman–Crippen MR) is 153 cm³/mol. The fraction of sp³-hybridized carbons (Fsp3) is 0.345. The Bertz CT molecular complexity index is 1360. The van der Waals surface area contributed by atoms with Gasteiger partial charge in [-0.05, 0) is 43.4 Å². The molecule has 0 radical (unpaired) electrons. The van der Waals surface area contributed by atoms with Crippen molar-refractivity contribution in [2.75, 3.05) is 13.7 Å². The topological polar surface area (TPSA) is 193 Å². The van der Waals surface area contributed by atoms with Crippen molar-refractivity contribution in [2.45, 2.75) is 45.2 Å². The van der Waals surface area contributed by atoms with Gasteiger partial charge in [-0.2, -0.15) is 0 Å².